The number of hydrogen-bond acceptors (Lipinski definition) is 3. The Hall–Kier alpha value is -2.60. The lowest BCUT2D eigenvalue weighted by molar-refractivity contribution is -0.141. The van der Waals surface area contributed by atoms with Gasteiger partial charge in [0, 0.05) is 0 Å². The van der Waals surface area contributed by atoms with E-state index in [0.717, 1.165) is 17.0 Å². The van der Waals surface area contributed by atoms with Crippen molar-refractivity contribution in [1.82, 2.24) is 0 Å². The van der Waals surface area contributed by atoms with Crippen LogP contribution < -0.4 is 4.74 Å². The Kier molecular flexibility index (Phi) is 8.51. The molecule has 0 aliphatic heterocycles. The molecule has 0 radical (unpaired) electrons. The van der Waals surface area contributed by atoms with E-state index in [9.17, 15) is 10.1 Å². The molecule has 32 heavy (non-hydrogen) atoms. The third kappa shape index (κ3) is 6.00. The largest absolute Gasteiger partial charge is 0.425 e. The van der Waals surface area contributed by atoms with Crippen LogP contribution in [0.5, 0.6) is 5.75 Å². The number of nitrogens with zero attached hydrogens (tertiary/aromatic N) is 1. The number of benzene rings is 2. The van der Waals surface area contributed by atoms with Crippen LogP contribution >= 0.6 is 0 Å². The van der Waals surface area contributed by atoms with Gasteiger partial charge >= 0.3 is 5.97 Å². The number of carbonyl (C=O) groups excluding carboxylic acids is 1. The van der Waals surface area contributed by atoms with Crippen LogP contribution in [0, 0.1) is 22.7 Å². The summed E-state index contributed by atoms with van der Waals surface area (Å²) in [5.41, 5.74) is 2.61. The highest BCUT2D eigenvalue weighted by atomic mass is 16.5. The van der Waals surface area contributed by atoms with Crippen molar-refractivity contribution in [3.63, 3.8) is 0 Å². The lowest BCUT2D eigenvalue weighted by Crippen LogP contribution is -2.29. The molecule has 1 unspecified atom stereocenters. The van der Waals surface area contributed by atoms with Gasteiger partial charge in [-0.1, -0.05) is 75.9 Å². The number of esters is 1. The van der Waals surface area contributed by atoms with Crippen molar-refractivity contribution in [1.29, 1.82) is 5.26 Å². The van der Waals surface area contributed by atoms with Gasteiger partial charge in [-0.2, -0.15) is 5.26 Å². The first-order valence-corrected chi connectivity index (χ1v) is 12.3. The molecule has 1 aliphatic rings. The maximum atomic E-state index is 12.3. The van der Waals surface area contributed by atoms with Crippen LogP contribution in [-0.2, 0) is 4.79 Å². The van der Waals surface area contributed by atoms with Gasteiger partial charge in [-0.25, -0.2) is 4.79 Å². The molecule has 1 atom stereocenters. The fraction of sp³-hybridized carbons (Fsp3) is 0.517. The first-order valence-electron chi connectivity index (χ1n) is 12.3. The highest BCUT2D eigenvalue weighted by molar-refractivity contribution is 5.81. The summed E-state index contributed by atoms with van der Waals surface area (Å²) in [6.45, 7) is 5.71. The van der Waals surface area contributed by atoms with E-state index in [4.69, 9.17) is 4.74 Å². The molecule has 3 nitrogen and oxygen atoms in total. The Morgan fingerprint density at radius 2 is 1.56 bits per heavy atom. The van der Waals surface area contributed by atoms with Crippen LogP contribution in [0.2, 0.25) is 0 Å². The maximum absolute atomic E-state index is 12.3. The Bertz CT molecular complexity index is 902. The van der Waals surface area contributed by atoms with Crippen molar-refractivity contribution in [2.45, 2.75) is 84.5 Å². The molecule has 2 aromatic carbocycles. The van der Waals surface area contributed by atoms with Crippen LogP contribution in [0.4, 0.5) is 0 Å². The van der Waals surface area contributed by atoms with Gasteiger partial charge in [-0.3, -0.25) is 0 Å². The SMILES string of the molecule is CCCCCC1CCC(c2ccc(-c3ccc(OC(=O)C(C)(C#N)CC)cc3)cc2)CC1. The molecule has 0 heterocycles. The lowest BCUT2D eigenvalue weighted by atomic mass is 9.77. The molecule has 3 rings (SSSR count). The third-order valence-electron chi connectivity index (χ3n) is 7.25. The van der Waals surface area contributed by atoms with Gasteiger partial charge in [-0.15, -0.1) is 0 Å². The van der Waals surface area contributed by atoms with Crippen LogP contribution in [0.3, 0.4) is 0 Å². The van der Waals surface area contributed by atoms with Gasteiger partial charge in [0.1, 0.15) is 5.75 Å². The Morgan fingerprint density at radius 1 is 0.969 bits per heavy atom. The fourth-order valence-corrected chi connectivity index (χ4v) is 4.62. The van der Waals surface area contributed by atoms with Gasteiger partial charge in [0.15, 0.2) is 5.41 Å². The van der Waals surface area contributed by atoms with E-state index in [-0.39, 0.29) is 0 Å². The molecule has 0 aromatic heterocycles. The van der Waals surface area contributed by atoms with Crippen molar-refractivity contribution in [2.75, 3.05) is 0 Å². The summed E-state index contributed by atoms with van der Waals surface area (Å²) in [6.07, 6.45) is 11.3. The van der Waals surface area contributed by atoms with Gasteiger partial charge in [-0.05, 0) is 79.7 Å². The zero-order chi connectivity index (χ0) is 23.0. The first kappa shape index (κ1) is 24.1. The fourth-order valence-electron chi connectivity index (χ4n) is 4.62. The molecule has 0 spiro atoms. The normalized spacial score (nSPS) is 20.2. The Morgan fingerprint density at radius 3 is 2.09 bits per heavy atom. The van der Waals surface area contributed by atoms with E-state index in [1.165, 1.54) is 56.9 Å². The second kappa shape index (κ2) is 11.3. The second-order valence-corrected chi connectivity index (χ2v) is 9.55. The molecule has 0 saturated heterocycles. The Labute approximate surface area is 193 Å². The molecule has 1 aliphatic carbocycles. The Balaban J connectivity index is 1.56. The van der Waals surface area contributed by atoms with E-state index in [1.807, 2.05) is 19.1 Å². The summed E-state index contributed by atoms with van der Waals surface area (Å²) in [5.74, 6) is 1.61. The number of nitriles is 1. The minimum absolute atomic E-state index is 0.424. The molecule has 2 aromatic rings. The summed E-state index contributed by atoms with van der Waals surface area (Å²) < 4.78 is 5.43. The molecule has 0 amide bonds. The van der Waals surface area contributed by atoms with Gasteiger partial charge in [0.05, 0.1) is 6.07 Å². The van der Waals surface area contributed by atoms with Gasteiger partial charge in [0.2, 0.25) is 0 Å². The molecular weight excluding hydrogens is 394 g/mol. The molecule has 1 fully saturated rings. The number of unbranched alkanes of at least 4 members (excludes halogenated alkanes) is 2. The third-order valence-corrected chi connectivity index (χ3v) is 7.25. The predicted octanol–water partition coefficient (Wildman–Crippen LogP) is 8.05. The zero-order valence-corrected chi connectivity index (χ0v) is 19.9. The molecule has 1 saturated carbocycles. The molecule has 3 heteroatoms. The van der Waals surface area contributed by atoms with Crippen LogP contribution in [0.1, 0.15) is 90.0 Å². The molecular formula is C29H37NO2. The first-order chi connectivity index (χ1) is 15.5. The number of carbonyl (C=O) groups is 1. The summed E-state index contributed by atoms with van der Waals surface area (Å²) in [5, 5.41) is 9.25. The van der Waals surface area contributed by atoms with Crippen molar-refractivity contribution >= 4 is 5.97 Å². The summed E-state index contributed by atoms with van der Waals surface area (Å²) >= 11 is 0. The molecule has 170 valence electrons. The van der Waals surface area contributed by atoms with Crippen molar-refractivity contribution in [3.05, 3.63) is 54.1 Å². The smallest absolute Gasteiger partial charge is 0.331 e. The minimum atomic E-state index is -1.11. The number of ether oxygens (including phenoxy) is 1. The molecule has 0 bridgehead atoms. The number of rotatable bonds is 9. The molecule has 0 N–H and O–H groups in total. The summed E-state index contributed by atoms with van der Waals surface area (Å²) in [6, 6.07) is 18.6. The quantitative estimate of drug-likeness (QED) is 0.229. The van der Waals surface area contributed by atoms with Gasteiger partial charge < -0.3 is 4.74 Å². The standard InChI is InChI=1S/C29H37NO2/c1-4-6-7-8-22-9-11-23(12-10-22)24-13-15-25(16-14-24)26-17-19-27(20-18-26)32-28(31)29(3,5-2)21-30/h13-20,22-23H,4-12H2,1-3H3. The average molecular weight is 432 g/mol. The van der Waals surface area contributed by atoms with E-state index in [2.05, 4.69) is 37.3 Å². The monoisotopic (exact) mass is 431 g/mol. The van der Waals surface area contributed by atoms with E-state index in [1.54, 1.807) is 19.1 Å². The van der Waals surface area contributed by atoms with Crippen LogP contribution in [-0.4, -0.2) is 5.97 Å². The van der Waals surface area contributed by atoms with E-state index in [0.29, 0.717) is 18.1 Å². The van der Waals surface area contributed by atoms with E-state index < -0.39 is 11.4 Å². The van der Waals surface area contributed by atoms with Crippen molar-refractivity contribution < 1.29 is 9.53 Å². The highest BCUT2D eigenvalue weighted by Crippen LogP contribution is 2.38. The predicted molar refractivity (Wildman–Crippen MR) is 130 cm³/mol. The summed E-state index contributed by atoms with van der Waals surface area (Å²) in [4.78, 5) is 12.3. The zero-order valence-electron chi connectivity index (χ0n) is 19.9. The summed E-state index contributed by atoms with van der Waals surface area (Å²) in [7, 11) is 0. The highest BCUT2D eigenvalue weighted by Gasteiger charge is 2.33. The van der Waals surface area contributed by atoms with Gasteiger partial charge in [0.25, 0.3) is 0 Å². The van der Waals surface area contributed by atoms with Crippen molar-refractivity contribution in [3.8, 4) is 22.9 Å². The topological polar surface area (TPSA) is 50.1 Å². The van der Waals surface area contributed by atoms with E-state index >= 15 is 0 Å². The van der Waals surface area contributed by atoms with Crippen LogP contribution in [0.15, 0.2) is 48.5 Å². The second-order valence-electron chi connectivity index (χ2n) is 9.55. The van der Waals surface area contributed by atoms with Crippen LogP contribution in [0.25, 0.3) is 11.1 Å². The minimum Gasteiger partial charge on any atom is -0.425 e. The van der Waals surface area contributed by atoms with Crippen molar-refractivity contribution in [2.24, 2.45) is 11.3 Å². The maximum Gasteiger partial charge on any atom is 0.331 e. The number of hydrogen-bond donors (Lipinski definition) is 0. The lowest BCUT2D eigenvalue weighted by Gasteiger charge is -2.29. The average Bonchev–Trinajstić information content (AvgIpc) is 2.84.